The first-order valence-corrected chi connectivity index (χ1v) is 14.1. The van der Waals surface area contributed by atoms with Crippen molar-refractivity contribution >= 4 is 11.2 Å². The Morgan fingerprint density at radius 1 is 0.707 bits per heavy atom. The van der Waals surface area contributed by atoms with Gasteiger partial charge in [-0.3, -0.25) is 0 Å². The summed E-state index contributed by atoms with van der Waals surface area (Å²) in [4.78, 5) is 12.3. The predicted molar refractivity (Wildman–Crippen MR) is 157 cm³/mol. The third-order valence-corrected chi connectivity index (χ3v) is 7.39. The van der Waals surface area contributed by atoms with Gasteiger partial charge in [0.25, 0.3) is 0 Å². The average Bonchev–Trinajstić information content (AvgIpc) is 3.56. The van der Waals surface area contributed by atoms with E-state index in [9.17, 15) is 0 Å². The van der Waals surface area contributed by atoms with Crippen LogP contribution in [0.3, 0.4) is 0 Å². The molecule has 0 aliphatic carbocycles. The Morgan fingerprint density at radius 2 is 1.27 bits per heavy atom. The fourth-order valence-electron chi connectivity index (χ4n) is 5.37. The molecule has 0 radical (unpaired) electrons. The van der Waals surface area contributed by atoms with Crippen LogP contribution in [0, 0.1) is 6.92 Å². The maximum Gasteiger partial charge on any atom is 0.177 e. The van der Waals surface area contributed by atoms with Crippen LogP contribution in [0.4, 0.5) is 0 Å². The minimum Gasteiger partial charge on any atom is -0.374 e. The second-order valence-electron chi connectivity index (χ2n) is 10.4. The summed E-state index contributed by atoms with van der Waals surface area (Å²) in [5.74, 6) is 0.834. The normalized spacial score (nSPS) is 20.5. The highest BCUT2D eigenvalue weighted by Crippen LogP contribution is 2.32. The van der Waals surface area contributed by atoms with E-state index >= 15 is 0 Å². The van der Waals surface area contributed by atoms with Gasteiger partial charge in [-0.25, -0.2) is 9.97 Å². The number of pyridine rings is 1. The van der Waals surface area contributed by atoms with Crippen LogP contribution in [-0.4, -0.2) is 46.0 Å². The van der Waals surface area contributed by atoms with E-state index in [0.717, 1.165) is 33.6 Å². The summed E-state index contributed by atoms with van der Waals surface area (Å²) in [5.41, 5.74) is 6.05. The summed E-state index contributed by atoms with van der Waals surface area (Å²) in [5, 5.41) is 0. The van der Waals surface area contributed by atoms with Gasteiger partial charge in [-0.05, 0) is 35.2 Å². The SMILES string of the molecule is Cc1nc2nccc(C[C@@H]3O[C@H](COCc4ccccc4)[C@@H](OCc4ccccc4)[C@H]3OCc3ccccc3)c2[nH]1. The van der Waals surface area contributed by atoms with Gasteiger partial charge in [-0.15, -0.1) is 0 Å². The summed E-state index contributed by atoms with van der Waals surface area (Å²) in [7, 11) is 0. The molecule has 1 saturated heterocycles. The number of benzene rings is 3. The Hall–Kier alpha value is -3.88. The quantitative estimate of drug-likeness (QED) is 0.207. The van der Waals surface area contributed by atoms with Crippen molar-refractivity contribution in [3.05, 3.63) is 131 Å². The average molecular weight is 550 g/mol. The molecule has 1 N–H and O–H groups in total. The molecule has 4 atom stereocenters. The molecule has 1 aliphatic heterocycles. The van der Waals surface area contributed by atoms with E-state index in [4.69, 9.17) is 18.9 Å². The Morgan fingerprint density at radius 3 is 1.88 bits per heavy atom. The fourth-order valence-corrected chi connectivity index (χ4v) is 5.37. The second kappa shape index (κ2) is 13.2. The number of aromatic nitrogens is 3. The summed E-state index contributed by atoms with van der Waals surface area (Å²) in [6, 6.07) is 32.6. The highest BCUT2D eigenvalue weighted by molar-refractivity contribution is 5.74. The monoisotopic (exact) mass is 549 g/mol. The van der Waals surface area contributed by atoms with E-state index < -0.39 is 0 Å². The molecule has 210 valence electrons. The number of H-pyrrole nitrogens is 1. The number of hydrogen-bond acceptors (Lipinski definition) is 6. The zero-order valence-corrected chi connectivity index (χ0v) is 23.2. The van der Waals surface area contributed by atoms with Crippen molar-refractivity contribution in [3.8, 4) is 0 Å². The van der Waals surface area contributed by atoms with Gasteiger partial charge in [0.1, 0.15) is 24.1 Å². The van der Waals surface area contributed by atoms with Crippen molar-refractivity contribution in [2.45, 2.75) is 57.6 Å². The van der Waals surface area contributed by atoms with E-state index in [1.807, 2.05) is 67.6 Å². The number of imidazole rings is 1. The summed E-state index contributed by atoms with van der Waals surface area (Å²) < 4.78 is 26.2. The molecule has 7 heteroatoms. The molecule has 0 bridgehead atoms. The Labute approximate surface area is 240 Å². The first kappa shape index (κ1) is 27.3. The predicted octanol–water partition coefficient (Wildman–Crippen LogP) is 5.96. The molecule has 3 aromatic carbocycles. The zero-order chi connectivity index (χ0) is 27.9. The van der Waals surface area contributed by atoms with Gasteiger partial charge in [0, 0.05) is 12.6 Å². The molecule has 0 spiro atoms. The molecular weight excluding hydrogens is 514 g/mol. The van der Waals surface area contributed by atoms with Gasteiger partial charge >= 0.3 is 0 Å². The van der Waals surface area contributed by atoms with Crippen molar-refractivity contribution in [2.24, 2.45) is 0 Å². The molecule has 2 aromatic heterocycles. The number of aromatic amines is 1. The van der Waals surface area contributed by atoms with E-state index in [1.165, 1.54) is 0 Å². The topological polar surface area (TPSA) is 78.5 Å². The maximum atomic E-state index is 6.73. The van der Waals surface area contributed by atoms with Crippen LogP contribution in [0.15, 0.2) is 103 Å². The molecule has 41 heavy (non-hydrogen) atoms. The molecule has 1 fully saturated rings. The molecule has 1 aliphatic rings. The molecule has 3 heterocycles. The highest BCUT2D eigenvalue weighted by Gasteiger charge is 2.46. The van der Waals surface area contributed by atoms with Crippen molar-refractivity contribution in [1.82, 2.24) is 15.0 Å². The standard InChI is InChI=1S/C34H35N3O4/c1-24-36-31-28(17-18-35-34(31)37-24)19-29-32(39-21-26-13-7-3-8-14-26)33(40-22-27-15-9-4-10-16-27)30(41-29)23-38-20-25-11-5-2-6-12-25/h2-18,29-30,32-33H,19-23H2,1H3,(H,35,36,37)/t29-,30+,32-,33+/m0/s1. The van der Waals surface area contributed by atoms with Crippen LogP contribution in [0.1, 0.15) is 28.1 Å². The van der Waals surface area contributed by atoms with Crippen LogP contribution >= 0.6 is 0 Å². The van der Waals surface area contributed by atoms with Crippen molar-refractivity contribution in [3.63, 3.8) is 0 Å². The van der Waals surface area contributed by atoms with Gasteiger partial charge in [-0.1, -0.05) is 91.0 Å². The minimum atomic E-state index is -0.319. The first-order valence-electron chi connectivity index (χ1n) is 14.1. The summed E-state index contributed by atoms with van der Waals surface area (Å²) in [6.45, 7) is 3.76. The Kier molecular flexibility index (Phi) is 8.78. The van der Waals surface area contributed by atoms with E-state index in [1.54, 1.807) is 6.20 Å². The maximum absolute atomic E-state index is 6.73. The van der Waals surface area contributed by atoms with Gasteiger partial charge in [0.15, 0.2) is 5.65 Å². The van der Waals surface area contributed by atoms with Crippen molar-refractivity contribution in [1.29, 1.82) is 0 Å². The third-order valence-electron chi connectivity index (χ3n) is 7.39. The first-order chi connectivity index (χ1) is 20.2. The largest absolute Gasteiger partial charge is 0.374 e. The Balaban J connectivity index is 1.26. The van der Waals surface area contributed by atoms with Crippen molar-refractivity contribution in [2.75, 3.05) is 6.61 Å². The van der Waals surface area contributed by atoms with Crippen LogP contribution in [0.2, 0.25) is 0 Å². The lowest BCUT2D eigenvalue weighted by Gasteiger charge is -2.25. The number of fused-ring (bicyclic) bond motifs is 1. The van der Waals surface area contributed by atoms with E-state index in [-0.39, 0.29) is 24.4 Å². The molecule has 0 saturated carbocycles. The molecular formula is C34H35N3O4. The van der Waals surface area contributed by atoms with Crippen molar-refractivity contribution < 1.29 is 18.9 Å². The van der Waals surface area contributed by atoms with Crippen LogP contribution in [-0.2, 0) is 45.2 Å². The van der Waals surface area contributed by atoms with Gasteiger partial charge in [0.05, 0.1) is 38.0 Å². The van der Waals surface area contributed by atoms with E-state index in [0.29, 0.717) is 38.5 Å². The second-order valence-corrected chi connectivity index (χ2v) is 10.4. The van der Waals surface area contributed by atoms with Crippen LogP contribution in [0.25, 0.3) is 11.2 Å². The third kappa shape index (κ3) is 6.89. The molecule has 7 nitrogen and oxygen atoms in total. The Bertz CT molecular complexity index is 1510. The lowest BCUT2D eigenvalue weighted by molar-refractivity contribution is -0.0898. The summed E-state index contributed by atoms with van der Waals surface area (Å²) in [6.07, 6.45) is 1.25. The van der Waals surface area contributed by atoms with Crippen LogP contribution in [0.5, 0.6) is 0 Å². The number of rotatable bonds is 12. The van der Waals surface area contributed by atoms with Crippen LogP contribution < -0.4 is 0 Å². The summed E-state index contributed by atoms with van der Waals surface area (Å²) >= 11 is 0. The lowest BCUT2D eigenvalue weighted by atomic mass is 10.0. The number of aryl methyl sites for hydroxylation is 1. The lowest BCUT2D eigenvalue weighted by Crippen LogP contribution is -2.39. The fraction of sp³-hybridized carbons (Fsp3) is 0.294. The number of nitrogens with zero attached hydrogens (tertiary/aromatic N) is 2. The highest BCUT2D eigenvalue weighted by atomic mass is 16.6. The smallest absolute Gasteiger partial charge is 0.177 e. The molecule has 0 unspecified atom stereocenters. The van der Waals surface area contributed by atoms with Gasteiger partial charge < -0.3 is 23.9 Å². The minimum absolute atomic E-state index is 0.251. The number of ether oxygens (including phenoxy) is 4. The zero-order valence-electron chi connectivity index (χ0n) is 23.2. The van der Waals surface area contributed by atoms with E-state index in [2.05, 4.69) is 51.4 Å². The number of hydrogen-bond donors (Lipinski definition) is 1. The number of nitrogens with one attached hydrogen (secondary N) is 1. The van der Waals surface area contributed by atoms with Gasteiger partial charge in [-0.2, -0.15) is 0 Å². The van der Waals surface area contributed by atoms with Gasteiger partial charge in [0.2, 0.25) is 0 Å². The molecule has 6 rings (SSSR count). The molecule has 5 aromatic rings. The molecule has 0 amide bonds.